The number of Topliss-reactive ketones (excluding diaryl/α,β-unsaturated/α-hetero) is 1. The summed E-state index contributed by atoms with van der Waals surface area (Å²) >= 11 is 0. The van der Waals surface area contributed by atoms with E-state index in [-0.39, 0.29) is 17.0 Å². The van der Waals surface area contributed by atoms with Crippen LogP contribution in [0, 0.1) is 5.41 Å². The molecule has 1 aromatic carbocycles. The monoisotopic (exact) mass is 341 g/mol. The van der Waals surface area contributed by atoms with Gasteiger partial charge < -0.3 is 5.11 Å². The van der Waals surface area contributed by atoms with E-state index in [9.17, 15) is 9.90 Å². The summed E-state index contributed by atoms with van der Waals surface area (Å²) in [4.78, 5) is 17.4. The summed E-state index contributed by atoms with van der Waals surface area (Å²) in [7, 11) is 0. The molecule has 0 aliphatic heterocycles. The number of nitrogens with zero attached hydrogens (tertiary/aromatic N) is 1. The molecule has 0 atom stereocenters. The lowest BCUT2D eigenvalue weighted by Gasteiger charge is -2.31. The first-order chi connectivity index (χ1) is 11.9. The quantitative estimate of drug-likeness (QED) is 0.407. The number of benzene rings is 1. The summed E-state index contributed by atoms with van der Waals surface area (Å²) in [6, 6.07) is 9.78. The van der Waals surface area contributed by atoms with Gasteiger partial charge >= 0.3 is 0 Å². The summed E-state index contributed by atoms with van der Waals surface area (Å²) in [5, 5.41) is 10.7. The van der Waals surface area contributed by atoms with Crippen molar-refractivity contribution in [2.75, 3.05) is 6.54 Å². The average Bonchev–Trinajstić information content (AvgIpc) is 2.54. The maximum Gasteiger partial charge on any atom is 0.168 e. The smallest absolute Gasteiger partial charge is 0.168 e. The van der Waals surface area contributed by atoms with Crippen LogP contribution in [0.3, 0.4) is 0 Å². The Kier molecular flexibility index (Phi) is 6.98. The summed E-state index contributed by atoms with van der Waals surface area (Å²) in [5.74, 6) is 0.191. The number of unbranched alkanes of at least 4 members (excludes halogenated alkanes) is 3. The second-order valence-corrected chi connectivity index (χ2v) is 7.81. The van der Waals surface area contributed by atoms with Gasteiger partial charge in [0.05, 0.1) is 5.57 Å². The number of aliphatic hydroxyl groups is 1. The Bertz CT molecular complexity index is 641. The number of allylic oxidation sites excluding steroid dienone is 2. The van der Waals surface area contributed by atoms with Crippen LogP contribution in [0.4, 0.5) is 0 Å². The highest BCUT2D eigenvalue weighted by atomic mass is 16.3. The van der Waals surface area contributed by atoms with E-state index >= 15 is 0 Å². The van der Waals surface area contributed by atoms with E-state index in [1.54, 1.807) is 0 Å². The lowest BCUT2D eigenvalue weighted by Crippen LogP contribution is -2.33. The molecule has 1 aliphatic carbocycles. The number of hydrogen-bond donors (Lipinski definition) is 1. The van der Waals surface area contributed by atoms with Crippen molar-refractivity contribution in [1.29, 1.82) is 0 Å². The van der Waals surface area contributed by atoms with Crippen molar-refractivity contribution in [3.63, 3.8) is 0 Å². The van der Waals surface area contributed by atoms with Crippen molar-refractivity contribution in [3.8, 4) is 0 Å². The van der Waals surface area contributed by atoms with Crippen LogP contribution in [0.15, 0.2) is 46.7 Å². The minimum atomic E-state index is -0.0874. The highest BCUT2D eigenvalue weighted by molar-refractivity contribution is 6.24. The Labute approximate surface area is 151 Å². The van der Waals surface area contributed by atoms with E-state index in [1.807, 2.05) is 30.3 Å². The zero-order chi connectivity index (χ0) is 18.3. The third-order valence-electron chi connectivity index (χ3n) is 4.67. The number of ketones is 1. The van der Waals surface area contributed by atoms with Gasteiger partial charge in [-0.25, -0.2) is 0 Å². The Hall–Kier alpha value is -1.90. The van der Waals surface area contributed by atoms with Crippen molar-refractivity contribution in [3.05, 3.63) is 47.2 Å². The van der Waals surface area contributed by atoms with Crippen LogP contribution in [-0.4, -0.2) is 23.1 Å². The molecule has 0 spiro atoms. The van der Waals surface area contributed by atoms with Gasteiger partial charge in [-0.1, -0.05) is 70.4 Å². The second-order valence-electron chi connectivity index (χ2n) is 7.81. The first-order valence-corrected chi connectivity index (χ1v) is 9.46. The number of hydrogen-bond acceptors (Lipinski definition) is 3. The number of carbonyl (C=O) groups is 1. The number of aliphatic imine (C=N–C) groups is 1. The van der Waals surface area contributed by atoms with Gasteiger partial charge in [0.15, 0.2) is 5.78 Å². The van der Waals surface area contributed by atoms with Gasteiger partial charge in [-0.2, -0.15) is 0 Å². The van der Waals surface area contributed by atoms with Gasteiger partial charge in [0.1, 0.15) is 5.76 Å². The van der Waals surface area contributed by atoms with E-state index < -0.39 is 0 Å². The molecule has 0 radical (unpaired) electrons. The molecule has 1 N–H and O–H groups in total. The highest BCUT2D eigenvalue weighted by Crippen LogP contribution is 2.35. The first kappa shape index (κ1) is 19.4. The third kappa shape index (κ3) is 5.84. The molecular weight excluding hydrogens is 310 g/mol. The molecule has 0 unspecified atom stereocenters. The van der Waals surface area contributed by atoms with Gasteiger partial charge in [0.2, 0.25) is 0 Å². The zero-order valence-electron chi connectivity index (χ0n) is 15.8. The zero-order valence-corrected chi connectivity index (χ0v) is 15.8. The van der Waals surface area contributed by atoms with Crippen LogP contribution in [0.5, 0.6) is 0 Å². The van der Waals surface area contributed by atoms with Gasteiger partial charge in [-0.05, 0) is 23.8 Å². The Balaban J connectivity index is 2.22. The Morgan fingerprint density at radius 1 is 1.12 bits per heavy atom. The van der Waals surface area contributed by atoms with Crippen molar-refractivity contribution >= 4 is 11.5 Å². The molecule has 0 heterocycles. The summed E-state index contributed by atoms with van der Waals surface area (Å²) < 4.78 is 0. The van der Waals surface area contributed by atoms with Crippen LogP contribution < -0.4 is 0 Å². The van der Waals surface area contributed by atoms with Crippen molar-refractivity contribution in [1.82, 2.24) is 0 Å². The molecule has 0 amide bonds. The molecule has 3 nitrogen and oxygen atoms in total. The van der Waals surface area contributed by atoms with E-state index in [2.05, 4.69) is 20.8 Å². The summed E-state index contributed by atoms with van der Waals surface area (Å²) in [6.45, 7) is 7.13. The lowest BCUT2D eigenvalue weighted by molar-refractivity contribution is -0.117. The average molecular weight is 341 g/mol. The lowest BCUT2D eigenvalue weighted by atomic mass is 9.73. The highest BCUT2D eigenvalue weighted by Gasteiger charge is 2.36. The fourth-order valence-corrected chi connectivity index (χ4v) is 3.38. The minimum absolute atomic E-state index is 0.0250. The summed E-state index contributed by atoms with van der Waals surface area (Å²) in [6.07, 6.45) is 6.23. The number of carbonyl (C=O) groups excluding carboxylic acids is 1. The van der Waals surface area contributed by atoms with E-state index in [1.165, 1.54) is 19.3 Å². The molecule has 1 fully saturated rings. The van der Waals surface area contributed by atoms with Crippen LogP contribution in [0.1, 0.15) is 64.9 Å². The van der Waals surface area contributed by atoms with Crippen LogP contribution in [0.2, 0.25) is 0 Å². The van der Waals surface area contributed by atoms with Gasteiger partial charge in [0, 0.05) is 25.1 Å². The number of aliphatic hydroxyl groups excluding tert-OH is 1. The van der Waals surface area contributed by atoms with Crippen molar-refractivity contribution in [2.45, 2.75) is 65.7 Å². The SMILES string of the molecule is CCCCCCN=C1CC(C)(C)CC(=O)/C1=C(/O)Cc1ccccc1. The largest absolute Gasteiger partial charge is 0.511 e. The fourth-order valence-electron chi connectivity index (χ4n) is 3.38. The van der Waals surface area contributed by atoms with E-state index in [4.69, 9.17) is 4.99 Å². The van der Waals surface area contributed by atoms with E-state index in [0.717, 1.165) is 30.7 Å². The third-order valence-corrected chi connectivity index (χ3v) is 4.67. The maximum absolute atomic E-state index is 12.7. The molecule has 3 heteroatoms. The minimum Gasteiger partial charge on any atom is -0.511 e. The molecule has 2 rings (SSSR count). The molecule has 25 heavy (non-hydrogen) atoms. The van der Waals surface area contributed by atoms with Crippen molar-refractivity contribution < 1.29 is 9.90 Å². The van der Waals surface area contributed by atoms with E-state index in [0.29, 0.717) is 18.4 Å². The predicted molar refractivity (Wildman–Crippen MR) is 104 cm³/mol. The number of rotatable bonds is 7. The molecule has 1 aliphatic rings. The van der Waals surface area contributed by atoms with Crippen LogP contribution >= 0.6 is 0 Å². The van der Waals surface area contributed by atoms with Gasteiger partial charge in [-0.15, -0.1) is 0 Å². The topological polar surface area (TPSA) is 49.7 Å². The summed E-state index contributed by atoms with van der Waals surface area (Å²) in [5.41, 5.74) is 2.19. The van der Waals surface area contributed by atoms with Gasteiger partial charge in [-0.3, -0.25) is 9.79 Å². The molecule has 1 aromatic rings. The van der Waals surface area contributed by atoms with Crippen LogP contribution in [0.25, 0.3) is 0 Å². The predicted octanol–water partition coefficient (Wildman–Crippen LogP) is 5.45. The second kappa shape index (κ2) is 8.98. The Morgan fingerprint density at radius 3 is 2.52 bits per heavy atom. The van der Waals surface area contributed by atoms with Crippen LogP contribution in [-0.2, 0) is 11.2 Å². The molecule has 0 aromatic heterocycles. The normalized spacial score (nSPS) is 20.8. The fraction of sp³-hybridized carbons (Fsp3) is 0.545. The molecule has 0 bridgehead atoms. The standard InChI is InChI=1S/C22H31NO2/c1-4-5-6-10-13-23-18-15-22(2,3)16-20(25)21(18)19(24)14-17-11-8-7-9-12-17/h7-9,11-12,24H,4-6,10,13-16H2,1-3H3/b21-19+,23-18?. The molecular formula is C22H31NO2. The molecule has 136 valence electrons. The van der Waals surface area contributed by atoms with Crippen molar-refractivity contribution in [2.24, 2.45) is 10.4 Å². The maximum atomic E-state index is 12.7. The Morgan fingerprint density at radius 2 is 1.84 bits per heavy atom. The van der Waals surface area contributed by atoms with Gasteiger partial charge in [0.25, 0.3) is 0 Å². The molecule has 0 saturated heterocycles. The molecule has 1 saturated carbocycles. The first-order valence-electron chi connectivity index (χ1n) is 9.46.